The third kappa shape index (κ3) is 5.30. The first-order valence-electron chi connectivity index (χ1n) is 6.82. The Morgan fingerprint density at radius 1 is 1.47 bits per heavy atom. The largest absolute Gasteiger partial charge is 0.391 e. The van der Waals surface area contributed by atoms with Crippen LogP contribution in [-0.2, 0) is 13.5 Å². The van der Waals surface area contributed by atoms with Gasteiger partial charge in [0.25, 0.3) is 0 Å². The SMILES string of the molecule is CCCc1cc(NC(=O)NCC(O)CCC)n(C)n1. The molecule has 1 unspecified atom stereocenters. The lowest BCUT2D eigenvalue weighted by molar-refractivity contribution is 0.162. The molecule has 0 spiro atoms. The highest BCUT2D eigenvalue weighted by Crippen LogP contribution is 2.10. The van der Waals surface area contributed by atoms with Gasteiger partial charge in [-0.15, -0.1) is 0 Å². The molecule has 0 fully saturated rings. The average molecular weight is 268 g/mol. The van der Waals surface area contributed by atoms with Crippen LogP contribution in [0.4, 0.5) is 10.6 Å². The summed E-state index contributed by atoms with van der Waals surface area (Å²) in [6.45, 7) is 4.34. The molecule has 0 radical (unpaired) electrons. The lowest BCUT2D eigenvalue weighted by atomic mass is 10.2. The van der Waals surface area contributed by atoms with Crippen molar-refractivity contribution in [3.63, 3.8) is 0 Å². The molecule has 0 aliphatic heterocycles. The first-order valence-corrected chi connectivity index (χ1v) is 6.82. The van der Waals surface area contributed by atoms with E-state index in [1.807, 2.05) is 13.0 Å². The van der Waals surface area contributed by atoms with Gasteiger partial charge < -0.3 is 10.4 Å². The summed E-state index contributed by atoms with van der Waals surface area (Å²) in [5, 5.41) is 19.2. The molecule has 19 heavy (non-hydrogen) atoms. The van der Waals surface area contributed by atoms with Crippen molar-refractivity contribution in [2.75, 3.05) is 11.9 Å². The number of aryl methyl sites for hydroxylation is 2. The number of hydrogen-bond donors (Lipinski definition) is 3. The van der Waals surface area contributed by atoms with E-state index in [-0.39, 0.29) is 12.6 Å². The molecule has 0 aromatic carbocycles. The number of aromatic nitrogens is 2. The predicted octanol–water partition coefficient (Wildman–Crippen LogP) is 1.66. The Morgan fingerprint density at radius 2 is 2.21 bits per heavy atom. The molecular weight excluding hydrogens is 244 g/mol. The summed E-state index contributed by atoms with van der Waals surface area (Å²) < 4.78 is 1.65. The number of nitrogens with one attached hydrogen (secondary N) is 2. The van der Waals surface area contributed by atoms with E-state index >= 15 is 0 Å². The Labute approximate surface area is 114 Å². The maximum absolute atomic E-state index is 11.7. The number of hydrogen-bond acceptors (Lipinski definition) is 3. The first kappa shape index (κ1) is 15.5. The molecule has 1 aromatic heterocycles. The number of anilines is 1. The third-order valence-corrected chi connectivity index (χ3v) is 2.80. The van der Waals surface area contributed by atoms with Crippen LogP contribution < -0.4 is 10.6 Å². The molecule has 0 aliphatic rings. The van der Waals surface area contributed by atoms with Gasteiger partial charge in [-0.2, -0.15) is 5.10 Å². The Kier molecular flexibility index (Phi) is 6.35. The first-order chi connectivity index (χ1) is 9.06. The van der Waals surface area contributed by atoms with Crippen LogP contribution in [0, 0.1) is 0 Å². The minimum absolute atomic E-state index is 0.263. The Hall–Kier alpha value is -1.56. The van der Waals surface area contributed by atoms with Gasteiger partial charge in [-0.05, 0) is 12.8 Å². The van der Waals surface area contributed by atoms with E-state index in [2.05, 4.69) is 22.7 Å². The fraction of sp³-hybridized carbons (Fsp3) is 0.692. The van der Waals surface area contributed by atoms with Crippen molar-refractivity contribution < 1.29 is 9.90 Å². The van der Waals surface area contributed by atoms with Crippen LogP contribution in [0.2, 0.25) is 0 Å². The van der Waals surface area contributed by atoms with E-state index in [0.29, 0.717) is 12.2 Å². The van der Waals surface area contributed by atoms with Crippen LogP contribution in [0.25, 0.3) is 0 Å². The second-order valence-electron chi connectivity index (χ2n) is 4.67. The summed E-state index contributed by atoms with van der Waals surface area (Å²) in [4.78, 5) is 11.7. The fourth-order valence-corrected chi connectivity index (χ4v) is 1.83. The highest BCUT2D eigenvalue weighted by atomic mass is 16.3. The molecule has 0 saturated heterocycles. The normalized spacial score (nSPS) is 12.2. The number of carbonyl (C=O) groups excluding carboxylic acids is 1. The molecule has 1 heterocycles. The van der Waals surface area contributed by atoms with E-state index in [9.17, 15) is 9.90 Å². The number of nitrogens with zero attached hydrogens (tertiary/aromatic N) is 2. The van der Waals surface area contributed by atoms with Gasteiger partial charge in [-0.25, -0.2) is 4.79 Å². The van der Waals surface area contributed by atoms with Crippen LogP contribution in [-0.4, -0.2) is 33.6 Å². The van der Waals surface area contributed by atoms with Crippen molar-refractivity contribution in [3.8, 4) is 0 Å². The molecular formula is C13H24N4O2. The number of aliphatic hydroxyl groups excluding tert-OH is 1. The van der Waals surface area contributed by atoms with E-state index in [1.54, 1.807) is 11.7 Å². The monoisotopic (exact) mass is 268 g/mol. The highest BCUT2D eigenvalue weighted by Gasteiger charge is 2.09. The average Bonchev–Trinajstić information content (AvgIpc) is 2.68. The van der Waals surface area contributed by atoms with Crippen LogP contribution in [0.15, 0.2) is 6.07 Å². The highest BCUT2D eigenvalue weighted by molar-refractivity contribution is 5.88. The smallest absolute Gasteiger partial charge is 0.320 e. The summed E-state index contributed by atoms with van der Waals surface area (Å²) in [6, 6.07) is 1.55. The van der Waals surface area contributed by atoms with Crippen LogP contribution in [0.3, 0.4) is 0 Å². The lowest BCUT2D eigenvalue weighted by Gasteiger charge is -2.11. The minimum atomic E-state index is -0.488. The number of aliphatic hydroxyl groups is 1. The van der Waals surface area contributed by atoms with Crippen LogP contribution >= 0.6 is 0 Å². The second kappa shape index (κ2) is 7.78. The van der Waals surface area contributed by atoms with Gasteiger partial charge in [0.2, 0.25) is 0 Å². The van der Waals surface area contributed by atoms with E-state index in [4.69, 9.17) is 0 Å². The molecule has 2 amide bonds. The molecule has 0 bridgehead atoms. The zero-order valence-corrected chi connectivity index (χ0v) is 11.9. The molecule has 1 aromatic rings. The van der Waals surface area contributed by atoms with Crippen LogP contribution in [0.1, 0.15) is 38.8 Å². The van der Waals surface area contributed by atoms with Gasteiger partial charge in [-0.3, -0.25) is 10.00 Å². The van der Waals surface area contributed by atoms with Crippen molar-refractivity contribution in [1.29, 1.82) is 0 Å². The van der Waals surface area contributed by atoms with Crippen LogP contribution in [0.5, 0.6) is 0 Å². The summed E-state index contributed by atoms with van der Waals surface area (Å²) in [5.41, 5.74) is 0.964. The van der Waals surface area contributed by atoms with Gasteiger partial charge in [0, 0.05) is 19.7 Å². The summed E-state index contributed by atoms with van der Waals surface area (Å²) >= 11 is 0. The zero-order valence-electron chi connectivity index (χ0n) is 11.9. The van der Waals surface area contributed by atoms with Crippen molar-refractivity contribution in [2.45, 2.75) is 45.6 Å². The van der Waals surface area contributed by atoms with E-state index < -0.39 is 6.10 Å². The number of carbonyl (C=O) groups is 1. The molecule has 0 saturated carbocycles. The van der Waals surface area contributed by atoms with Crippen molar-refractivity contribution in [1.82, 2.24) is 15.1 Å². The Bertz CT molecular complexity index is 403. The third-order valence-electron chi connectivity index (χ3n) is 2.80. The Balaban J connectivity index is 2.43. The molecule has 108 valence electrons. The standard InChI is InChI=1S/C13H24N4O2/c1-4-6-10-8-12(17(3)16-10)15-13(19)14-9-11(18)7-5-2/h8,11,18H,4-7,9H2,1-3H3,(H2,14,15,19). The molecule has 1 atom stereocenters. The quantitative estimate of drug-likeness (QED) is 0.703. The lowest BCUT2D eigenvalue weighted by Crippen LogP contribution is -2.35. The second-order valence-corrected chi connectivity index (χ2v) is 4.67. The molecule has 3 N–H and O–H groups in total. The van der Waals surface area contributed by atoms with Gasteiger partial charge in [-0.1, -0.05) is 26.7 Å². The molecule has 1 rings (SSSR count). The minimum Gasteiger partial charge on any atom is -0.391 e. The fourth-order valence-electron chi connectivity index (χ4n) is 1.83. The predicted molar refractivity (Wildman–Crippen MR) is 75.1 cm³/mol. The number of rotatable bonds is 7. The maximum Gasteiger partial charge on any atom is 0.320 e. The van der Waals surface area contributed by atoms with Gasteiger partial charge >= 0.3 is 6.03 Å². The topological polar surface area (TPSA) is 79.2 Å². The maximum atomic E-state index is 11.7. The summed E-state index contributed by atoms with van der Waals surface area (Å²) in [7, 11) is 1.79. The van der Waals surface area contributed by atoms with E-state index in [0.717, 1.165) is 25.0 Å². The van der Waals surface area contributed by atoms with Crippen molar-refractivity contribution >= 4 is 11.8 Å². The summed E-state index contributed by atoms with van der Waals surface area (Å²) in [5.74, 6) is 0.658. The number of urea groups is 1. The molecule has 0 aliphatic carbocycles. The van der Waals surface area contributed by atoms with Crippen molar-refractivity contribution in [2.24, 2.45) is 7.05 Å². The molecule has 6 heteroatoms. The van der Waals surface area contributed by atoms with Gasteiger partial charge in [0.15, 0.2) is 0 Å². The van der Waals surface area contributed by atoms with Crippen molar-refractivity contribution in [3.05, 3.63) is 11.8 Å². The van der Waals surface area contributed by atoms with Gasteiger partial charge in [0.05, 0.1) is 11.8 Å². The van der Waals surface area contributed by atoms with E-state index in [1.165, 1.54) is 0 Å². The molecule has 6 nitrogen and oxygen atoms in total. The van der Waals surface area contributed by atoms with Gasteiger partial charge in [0.1, 0.15) is 5.82 Å². The summed E-state index contributed by atoms with van der Waals surface area (Å²) in [6.07, 6.45) is 3.01. The zero-order chi connectivity index (χ0) is 14.3. The number of amides is 2. The Morgan fingerprint density at radius 3 is 2.84 bits per heavy atom.